The van der Waals surface area contributed by atoms with Crippen molar-refractivity contribution in [3.05, 3.63) is 34.9 Å². The second-order valence-electron chi connectivity index (χ2n) is 4.89. The summed E-state index contributed by atoms with van der Waals surface area (Å²) in [6.45, 7) is 6.23. The minimum absolute atomic E-state index is 0.0249. The van der Waals surface area contributed by atoms with Gasteiger partial charge in [-0.15, -0.1) is 0 Å². The normalized spacial score (nSPS) is 12.9. The molecule has 3 nitrogen and oxygen atoms in total. The summed E-state index contributed by atoms with van der Waals surface area (Å²) in [4.78, 5) is 10.6. The number of hydrogen-bond acceptors (Lipinski definition) is 2. The van der Waals surface area contributed by atoms with Gasteiger partial charge in [-0.1, -0.05) is 37.6 Å². The predicted molar refractivity (Wildman–Crippen MR) is 77.7 cm³/mol. The van der Waals surface area contributed by atoms with Crippen LogP contribution in [0.3, 0.4) is 0 Å². The monoisotopic (exact) mass is 282 g/mol. The Morgan fingerprint density at radius 1 is 1.42 bits per heavy atom. The molecule has 0 radical (unpaired) electrons. The van der Waals surface area contributed by atoms with E-state index in [0.29, 0.717) is 22.3 Å². The van der Waals surface area contributed by atoms with Gasteiger partial charge in [0, 0.05) is 11.6 Å². The summed E-state index contributed by atoms with van der Waals surface area (Å²) >= 11 is 6.12. The number of hydrogen-bond donors (Lipinski definition) is 1. The van der Waals surface area contributed by atoms with Crippen LogP contribution in [-0.2, 0) is 4.79 Å². The third-order valence-corrected chi connectivity index (χ3v) is 2.82. The van der Waals surface area contributed by atoms with Gasteiger partial charge in [0.2, 0.25) is 0 Å². The minimum atomic E-state index is -0.999. The van der Waals surface area contributed by atoms with Gasteiger partial charge in [0.05, 0.1) is 11.1 Å². The number of para-hydroxylation sites is 1. The molecule has 1 atom stereocenters. The fraction of sp³-hybridized carbons (Fsp3) is 0.400. The first-order valence-corrected chi connectivity index (χ1v) is 6.64. The molecule has 19 heavy (non-hydrogen) atoms. The van der Waals surface area contributed by atoms with Gasteiger partial charge in [0.1, 0.15) is 5.75 Å². The number of aliphatic carboxylic acids is 1. The van der Waals surface area contributed by atoms with Gasteiger partial charge in [-0.05, 0) is 31.4 Å². The summed E-state index contributed by atoms with van der Waals surface area (Å²) in [7, 11) is 0. The third-order valence-electron chi connectivity index (χ3n) is 2.53. The second kappa shape index (κ2) is 7.19. The van der Waals surface area contributed by atoms with Crippen LogP contribution in [0.15, 0.2) is 24.3 Å². The summed E-state index contributed by atoms with van der Waals surface area (Å²) < 4.78 is 5.84. The Morgan fingerprint density at radius 2 is 2.11 bits per heavy atom. The Bertz CT molecular complexity index is 466. The Morgan fingerprint density at radius 3 is 2.68 bits per heavy atom. The van der Waals surface area contributed by atoms with E-state index in [2.05, 4.69) is 13.8 Å². The average molecular weight is 283 g/mol. The van der Waals surface area contributed by atoms with Crippen LogP contribution in [0.5, 0.6) is 5.75 Å². The molecule has 1 aromatic carbocycles. The van der Waals surface area contributed by atoms with Gasteiger partial charge in [0.15, 0.2) is 0 Å². The predicted octanol–water partition coefficient (Wildman–Crippen LogP) is 4.25. The Balaban J connectivity index is 2.94. The minimum Gasteiger partial charge on any atom is -0.489 e. The number of carboxylic acid groups (broad SMARTS) is 1. The van der Waals surface area contributed by atoms with Gasteiger partial charge < -0.3 is 9.84 Å². The van der Waals surface area contributed by atoms with Crippen molar-refractivity contribution in [2.75, 3.05) is 0 Å². The van der Waals surface area contributed by atoms with Crippen molar-refractivity contribution in [1.82, 2.24) is 0 Å². The molecule has 104 valence electrons. The molecule has 0 saturated heterocycles. The molecule has 0 fully saturated rings. The summed E-state index contributed by atoms with van der Waals surface area (Å²) in [5.74, 6) is 0.0615. The number of benzene rings is 1. The molecule has 0 aromatic heterocycles. The zero-order valence-corrected chi connectivity index (χ0v) is 12.1. The van der Waals surface area contributed by atoms with E-state index in [1.54, 1.807) is 18.2 Å². The van der Waals surface area contributed by atoms with Crippen LogP contribution in [0, 0.1) is 5.92 Å². The van der Waals surface area contributed by atoms with Crippen LogP contribution in [0.4, 0.5) is 0 Å². The average Bonchev–Trinajstić information content (AvgIpc) is 2.28. The first kappa shape index (κ1) is 15.6. The Hall–Kier alpha value is -1.48. The van der Waals surface area contributed by atoms with Gasteiger partial charge in [-0.2, -0.15) is 0 Å². The molecule has 0 bridgehead atoms. The molecule has 0 heterocycles. The van der Waals surface area contributed by atoms with Crippen molar-refractivity contribution in [3.63, 3.8) is 0 Å². The molecular formula is C15H19ClO3. The molecule has 1 N–H and O–H groups in total. The highest BCUT2D eigenvalue weighted by Crippen LogP contribution is 2.31. The van der Waals surface area contributed by atoms with Crippen LogP contribution in [0.1, 0.15) is 32.8 Å². The fourth-order valence-electron chi connectivity index (χ4n) is 1.86. The lowest BCUT2D eigenvalue weighted by atomic mass is 10.1. The van der Waals surface area contributed by atoms with Crippen LogP contribution < -0.4 is 4.74 Å². The van der Waals surface area contributed by atoms with Crippen LogP contribution in [0.25, 0.3) is 6.08 Å². The van der Waals surface area contributed by atoms with Crippen molar-refractivity contribution >= 4 is 23.6 Å². The maximum atomic E-state index is 10.6. The van der Waals surface area contributed by atoms with Crippen molar-refractivity contribution in [1.29, 1.82) is 0 Å². The van der Waals surface area contributed by atoms with E-state index in [1.165, 1.54) is 6.08 Å². The van der Waals surface area contributed by atoms with Crippen molar-refractivity contribution in [3.8, 4) is 5.75 Å². The highest BCUT2D eigenvalue weighted by atomic mass is 35.5. The number of halogens is 1. The van der Waals surface area contributed by atoms with Gasteiger partial charge >= 0.3 is 5.97 Å². The van der Waals surface area contributed by atoms with E-state index in [4.69, 9.17) is 21.4 Å². The quantitative estimate of drug-likeness (QED) is 0.793. The SMILES string of the molecule is CC(C)CC(C)Oc1c(Cl)cccc1/C=C/C(=O)O. The second-order valence-corrected chi connectivity index (χ2v) is 5.29. The lowest BCUT2D eigenvalue weighted by Gasteiger charge is -2.19. The van der Waals surface area contributed by atoms with E-state index >= 15 is 0 Å². The molecular weight excluding hydrogens is 264 g/mol. The molecule has 1 rings (SSSR count). The molecule has 0 saturated carbocycles. The number of carboxylic acids is 1. The van der Waals surface area contributed by atoms with Crippen LogP contribution >= 0.6 is 11.6 Å². The number of ether oxygens (including phenoxy) is 1. The Labute approximate surface area is 118 Å². The van der Waals surface area contributed by atoms with E-state index in [9.17, 15) is 4.79 Å². The number of carbonyl (C=O) groups is 1. The zero-order valence-electron chi connectivity index (χ0n) is 11.4. The molecule has 0 aliphatic carbocycles. The highest BCUT2D eigenvalue weighted by Gasteiger charge is 2.12. The highest BCUT2D eigenvalue weighted by molar-refractivity contribution is 6.32. The smallest absolute Gasteiger partial charge is 0.328 e. The zero-order chi connectivity index (χ0) is 14.4. The van der Waals surface area contributed by atoms with Crippen molar-refractivity contribution in [2.45, 2.75) is 33.3 Å². The summed E-state index contributed by atoms with van der Waals surface area (Å²) in [6.07, 6.45) is 3.50. The fourth-order valence-corrected chi connectivity index (χ4v) is 2.08. The maximum absolute atomic E-state index is 10.6. The molecule has 4 heteroatoms. The van der Waals surface area contributed by atoms with E-state index in [1.807, 2.05) is 6.92 Å². The van der Waals surface area contributed by atoms with Crippen molar-refractivity contribution in [2.24, 2.45) is 5.92 Å². The summed E-state index contributed by atoms with van der Waals surface area (Å²) in [5, 5.41) is 9.16. The summed E-state index contributed by atoms with van der Waals surface area (Å²) in [5.41, 5.74) is 0.672. The van der Waals surface area contributed by atoms with Crippen LogP contribution in [0.2, 0.25) is 5.02 Å². The summed E-state index contributed by atoms with van der Waals surface area (Å²) in [6, 6.07) is 5.28. The van der Waals surface area contributed by atoms with Gasteiger partial charge in [-0.25, -0.2) is 4.79 Å². The largest absolute Gasteiger partial charge is 0.489 e. The molecule has 1 unspecified atom stereocenters. The maximum Gasteiger partial charge on any atom is 0.328 e. The first-order chi connectivity index (χ1) is 8.90. The molecule has 0 aliphatic rings. The Kier molecular flexibility index (Phi) is 5.90. The first-order valence-electron chi connectivity index (χ1n) is 6.26. The van der Waals surface area contributed by atoms with E-state index in [0.717, 1.165) is 12.5 Å². The number of rotatable bonds is 6. The topological polar surface area (TPSA) is 46.5 Å². The molecule has 0 aliphatic heterocycles. The lowest BCUT2D eigenvalue weighted by molar-refractivity contribution is -0.131. The van der Waals surface area contributed by atoms with Crippen molar-refractivity contribution < 1.29 is 14.6 Å². The standard InChI is InChI=1S/C15H19ClO3/c1-10(2)9-11(3)19-15-12(7-8-14(17)18)5-4-6-13(15)16/h4-8,10-11H,9H2,1-3H3,(H,17,18)/b8-7+. The van der Waals surface area contributed by atoms with Gasteiger partial charge in [-0.3, -0.25) is 0 Å². The van der Waals surface area contributed by atoms with E-state index < -0.39 is 5.97 Å². The third kappa shape index (κ3) is 5.35. The molecule has 0 spiro atoms. The van der Waals surface area contributed by atoms with Crippen LogP contribution in [-0.4, -0.2) is 17.2 Å². The van der Waals surface area contributed by atoms with Gasteiger partial charge in [0.25, 0.3) is 0 Å². The van der Waals surface area contributed by atoms with E-state index in [-0.39, 0.29) is 6.10 Å². The molecule has 0 amide bonds. The lowest BCUT2D eigenvalue weighted by Crippen LogP contribution is -2.15. The molecule has 1 aromatic rings.